The van der Waals surface area contributed by atoms with Gasteiger partial charge in [0, 0.05) is 31.5 Å². The first-order chi connectivity index (χ1) is 12.1. The lowest BCUT2D eigenvalue weighted by Gasteiger charge is -2.32. The predicted molar refractivity (Wildman–Crippen MR) is 103 cm³/mol. The van der Waals surface area contributed by atoms with Crippen molar-refractivity contribution in [1.82, 2.24) is 15.6 Å². The van der Waals surface area contributed by atoms with E-state index < -0.39 is 0 Å². The second kappa shape index (κ2) is 11.7. The van der Waals surface area contributed by atoms with E-state index in [1.807, 2.05) is 26.0 Å². The number of rotatable bonds is 11. The number of aromatic nitrogens is 1. The van der Waals surface area contributed by atoms with Crippen molar-refractivity contribution in [2.45, 2.75) is 53.5 Å². The number of aliphatic hydroxyl groups is 1. The molecule has 1 aromatic rings. The molecule has 0 bridgehead atoms. The molecule has 25 heavy (non-hydrogen) atoms. The van der Waals surface area contributed by atoms with Gasteiger partial charge in [-0.3, -0.25) is 0 Å². The zero-order chi connectivity index (χ0) is 18.5. The summed E-state index contributed by atoms with van der Waals surface area (Å²) in [6, 6.07) is 3.88. The van der Waals surface area contributed by atoms with Crippen LogP contribution in [0.2, 0.25) is 0 Å². The number of nitrogens with zero attached hydrogens (tertiary/aromatic N) is 2. The molecule has 6 heteroatoms. The van der Waals surface area contributed by atoms with Crippen LogP contribution in [0.4, 0.5) is 0 Å². The molecule has 0 saturated carbocycles. The molecule has 3 N–H and O–H groups in total. The summed E-state index contributed by atoms with van der Waals surface area (Å²) in [5.74, 6) is 1.42. The Morgan fingerprint density at radius 3 is 2.60 bits per heavy atom. The Morgan fingerprint density at radius 2 is 2.00 bits per heavy atom. The van der Waals surface area contributed by atoms with Crippen LogP contribution in [0, 0.1) is 5.41 Å². The Hall–Kier alpha value is -1.82. The molecule has 0 fully saturated rings. The molecule has 0 amide bonds. The van der Waals surface area contributed by atoms with E-state index in [2.05, 4.69) is 34.5 Å². The molecule has 0 radical (unpaired) electrons. The molecule has 1 heterocycles. The maximum absolute atomic E-state index is 9.37. The Balaban J connectivity index is 2.80. The van der Waals surface area contributed by atoms with Crippen molar-refractivity contribution in [2.75, 3.05) is 26.3 Å². The lowest BCUT2D eigenvalue weighted by Crippen LogP contribution is -2.43. The number of hydrogen-bond acceptors (Lipinski definition) is 4. The molecular formula is C19H34N4O2. The third-order valence-electron chi connectivity index (χ3n) is 4.66. The van der Waals surface area contributed by atoms with Gasteiger partial charge in [0.05, 0.1) is 13.2 Å². The maximum atomic E-state index is 9.37. The summed E-state index contributed by atoms with van der Waals surface area (Å²) in [7, 11) is 0. The van der Waals surface area contributed by atoms with Crippen LogP contribution in [0.1, 0.15) is 52.5 Å². The van der Waals surface area contributed by atoms with Gasteiger partial charge in [0.2, 0.25) is 5.88 Å². The highest BCUT2D eigenvalue weighted by molar-refractivity contribution is 5.79. The number of aliphatic hydroxyl groups excluding tert-OH is 1. The molecule has 6 nitrogen and oxygen atoms in total. The number of ether oxygens (including phenoxy) is 1. The molecule has 1 aromatic heterocycles. The molecule has 0 spiro atoms. The molecule has 0 atom stereocenters. The molecule has 1 rings (SSSR count). The van der Waals surface area contributed by atoms with E-state index in [0.29, 0.717) is 19.0 Å². The first-order valence-electron chi connectivity index (χ1n) is 9.34. The zero-order valence-corrected chi connectivity index (χ0v) is 16.1. The largest absolute Gasteiger partial charge is 0.478 e. The van der Waals surface area contributed by atoms with Gasteiger partial charge in [-0.15, -0.1) is 0 Å². The summed E-state index contributed by atoms with van der Waals surface area (Å²) < 4.78 is 5.56. The standard InChI is InChI=1S/C19H34N4O2/c1-5-19(6-2,11-13-24)15-23-18(20-7-3)22-14-16-10-9-12-21-17(16)25-8-4/h9-10,12,24H,5-8,11,13-15H2,1-4H3,(H2,20,22,23). The minimum atomic E-state index is 0.0930. The van der Waals surface area contributed by atoms with Gasteiger partial charge in [0.1, 0.15) is 0 Å². The molecular weight excluding hydrogens is 316 g/mol. The number of aliphatic imine (C=N–C) groups is 1. The second-order valence-corrected chi connectivity index (χ2v) is 6.13. The fourth-order valence-electron chi connectivity index (χ4n) is 2.77. The van der Waals surface area contributed by atoms with E-state index in [4.69, 9.17) is 4.74 Å². The average molecular weight is 351 g/mol. The first kappa shape index (κ1) is 21.2. The fourth-order valence-corrected chi connectivity index (χ4v) is 2.77. The third-order valence-corrected chi connectivity index (χ3v) is 4.66. The molecule has 0 aliphatic carbocycles. The van der Waals surface area contributed by atoms with Crippen LogP contribution in [0.15, 0.2) is 23.3 Å². The fraction of sp³-hybridized carbons (Fsp3) is 0.684. The summed E-state index contributed by atoms with van der Waals surface area (Å²) in [5, 5.41) is 16.1. The Morgan fingerprint density at radius 1 is 1.24 bits per heavy atom. The molecule has 0 saturated heterocycles. The quantitative estimate of drug-likeness (QED) is 0.422. The van der Waals surface area contributed by atoms with Crippen molar-refractivity contribution in [3.8, 4) is 5.88 Å². The van der Waals surface area contributed by atoms with Gasteiger partial charge in [-0.05, 0) is 44.6 Å². The first-order valence-corrected chi connectivity index (χ1v) is 9.34. The highest BCUT2D eigenvalue weighted by atomic mass is 16.5. The summed E-state index contributed by atoms with van der Waals surface area (Å²) in [4.78, 5) is 8.94. The van der Waals surface area contributed by atoms with E-state index in [0.717, 1.165) is 43.9 Å². The van der Waals surface area contributed by atoms with E-state index in [1.165, 1.54) is 0 Å². The van der Waals surface area contributed by atoms with Gasteiger partial charge in [0.15, 0.2) is 5.96 Å². The molecule has 142 valence electrons. The maximum Gasteiger partial charge on any atom is 0.218 e. The van der Waals surface area contributed by atoms with Gasteiger partial charge in [-0.2, -0.15) is 0 Å². The van der Waals surface area contributed by atoms with Crippen molar-refractivity contribution in [1.29, 1.82) is 0 Å². The average Bonchev–Trinajstić information content (AvgIpc) is 2.64. The van der Waals surface area contributed by atoms with E-state index in [1.54, 1.807) is 6.20 Å². The number of nitrogens with one attached hydrogen (secondary N) is 2. The summed E-state index contributed by atoms with van der Waals surface area (Å²) >= 11 is 0. The van der Waals surface area contributed by atoms with Crippen molar-refractivity contribution in [2.24, 2.45) is 10.4 Å². The van der Waals surface area contributed by atoms with Gasteiger partial charge in [0.25, 0.3) is 0 Å². The highest BCUT2D eigenvalue weighted by Crippen LogP contribution is 2.29. The number of hydrogen-bond donors (Lipinski definition) is 3. The van der Waals surface area contributed by atoms with Crippen molar-refractivity contribution >= 4 is 5.96 Å². The van der Waals surface area contributed by atoms with Crippen LogP contribution in [-0.2, 0) is 6.54 Å². The Bertz CT molecular complexity index is 516. The van der Waals surface area contributed by atoms with E-state index in [9.17, 15) is 5.11 Å². The van der Waals surface area contributed by atoms with Gasteiger partial charge >= 0.3 is 0 Å². The van der Waals surface area contributed by atoms with E-state index in [-0.39, 0.29) is 12.0 Å². The van der Waals surface area contributed by atoms with Crippen molar-refractivity contribution in [3.05, 3.63) is 23.9 Å². The summed E-state index contributed by atoms with van der Waals surface area (Å²) in [6.45, 7) is 11.2. The minimum Gasteiger partial charge on any atom is -0.478 e. The minimum absolute atomic E-state index is 0.0930. The van der Waals surface area contributed by atoms with Crippen LogP contribution in [0.3, 0.4) is 0 Å². The summed E-state index contributed by atoms with van der Waals surface area (Å²) in [5.41, 5.74) is 1.06. The van der Waals surface area contributed by atoms with Crippen LogP contribution < -0.4 is 15.4 Å². The van der Waals surface area contributed by atoms with Crippen LogP contribution in [0.5, 0.6) is 5.88 Å². The third kappa shape index (κ3) is 6.90. The molecule has 0 aliphatic heterocycles. The topological polar surface area (TPSA) is 78.8 Å². The zero-order valence-electron chi connectivity index (χ0n) is 16.1. The van der Waals surface area contributed by atoms with Crippen molar-refractivity contribution in [3.63, 3.8) is 0 Å². The van der Waals surface area contributed by atoms with Gasteiger partial charge in [-0.1, -0.05) is 19.9 Å². The lowest BCUT2D eigenvalue weighted by molar-refractivity contribution is 0.169. The van der Waals surface area contributed by atoms with Crippen LogP contribution in [0.25, 0.3) is 0 Å². The van der Waals surface area contributed by atoms with Crippen LogP contribution >= 0.6 is 0 Å². The van der Waals surface area contributed by atoms with Crippen molar-refractivity contribution < 1.29 is 9.84 Å². The normalized spacial score (nSPS) is 12.1. The smallest absolute Gasteiger partial charge is 0.218 e. The van der Waals surface area contributed by atoms with Gasteiger partial charge in [-0.25, -0.2) is 9.98 Å². The predicted octanol–water partition coefficient (Wildman–Crippen LogP) is 2.72. The summed E-state index contributed by atoms with van der Waals surface area (Å²) in [6.07, 6.45) is 4.57. The van der Waals surface area contributed by atoms with E-state index >= 15 is 0 Å². The number of guanidine groups is 1. The van der Waals surface area contributed by atoms with Gasteiger partial charge < -0.3 is 20.5 Å². The second-order valence-electron chi connectivity index (χ2n) is 6.13. The lowest BCUT2D eigenvalue weighted by atomic mass is 9.79. The highest BCUT2D eigenvalue weighted by Gasteiger charge is 2.25. The number of pyridine rings is 1. The molecule has 0 aromatic carbocycles. The monoisotopic (exact) mass is 350 g/mol. The molecule has 0 aliphatic rings. The molecule has 0 unspecified atom stereocenters. The Labute approximate surface area is 152 Å². The van der Waals surface area contributed by atoms with Crippen LogP contribution in [-0.4, -0.2) is 42.4 Å². The SMILES string of the molecule is CCNC(=NCc1cccnc1OCC)NCC(CC)(CC)CCO. The Kier molecular flexibility index (Phi) is 9.92.